The molecule has 0 rings (SSSR count). The molecule has 4 nitrogen and oxygen atoms in total. The molecule has 14 heavy (non-hydrogen) atoms. The second kappa shape index (κ2) is 5.99. The zero-order valence-electron chi connectivity index (χ0n) is 9.02. The Hall–Kier alpha value is -0.600. The summed E-state index contributed by atoms with van der Waals surface area (Å²) in [6.07, 6.45) is 0.653. The highest BCUT2D eigenvalue weighted by Crippen LogP contribution is 1.98. The van der Waals surface area contributed by atoms with Crippen LogP contribution < -0.4 is 0 Å². The van der Waals surface area contributed by atoms with Gasteiger partial charge >= 0.3 is 0 Å². The van der Waals surface area contributed by atoms with Crippen LogP contribution in [0.15, 0.2) is 0 Å². The molecule has 0 amide bonds. The molecule has 0 aliphatic rings. The van der Waals surface area contributed by atoms with Gasteiger partial charge in [0.15, 0.2) is 9.84 Å². The van der Waals surface area contributed by atoms with Crippen LogP contribution in [0.25, 0.3) is 0 Å². The third-order valence-corrected chi connectivity index (χ3v) is 3.95. The summed E-state index contributed by atoms with van der Waals surface area (Å²) in [5, 5.41) is 8.60. The first-order valence-corrected chi connectivity index (χ1v) is 6.55. The van der Waals surface area contributed by atoms with Gasteiger partial charge in [-0.25, -0.2) is 8.42 Å². The van der Waals surface area contributed by atoms with E-state index in [4.69, 9.17) is 5.26 Å². The van der Waals surface area contributed by atoms with Gasteiger partial charge in [-0.3, -0.25) is 4.90 Å². The minimum Gasteiger partial charge on any atom is -0.290 e. The van der Waals surface area contributed by atoms with Gasteiger partial charge < -0.3 is 0 Å². The largest absolute Gasteiger partial charge is 0.290 e. The maximum absolute atomic E-state index is 11.3. The van der Waals surface area contributed by atoms with Gasteiger partial charge in [0.05, 0.1) is 17.9 Å². The molecule has 0 N–H and O–H groups in total. The first kappa shape index (κ1) is 13.4. The van der Waals surface area contributed by atoms with Crippen LogP contribution in [0.3, 0.4) is 0 Å². The van der Waals surface area contributed by atoms with Gasteiger partial charge in [0.25, 0.3) is 0 Å². The standard InChI is InChI=1S/C9H18N2O2S/c1-4-6-14(12,13)7-5-11(3)9(2)8-10/h9H,4-7H2,1-3H3. The van der Waals surface area contributed by atoms with E-state index < -0.39 is 9.84 Å². The van der Waals surface area contributed by atoms with Crippen molar-refractivity contribution in [1.82, 2.24) is 4.90 Å². The topological polar surface area (TPSA) is 61.2 Å². The fraction of sp³-hybridized carbons (Fsp3) is 0.889. The lowest BCUT2D eigenvalue weighted by atomic mass is 10.3. The van der Waals surface area contributed by atoms with Gasteiger partial charge in [-0.1, -0.05) is 6.92 Å². The Balaban J connectivity index is 4.01. The summed E-state index contributed by atoms with van der Waals surface area (Å²) < 4.78 is 22.7. The van der Waals surface area contributed by atoms with Crippen molar-refractivity contribution in [2.45, 2.75) is 26.3 Å². The summed E-state index contributed by atoms with van der Waals surface area (Å²) in [6, 6.07) is 1.83. The van der Waals surface area contributed by atoms with Crippen LogP contribution in [0, 0.1) is 11.3 Å². The van der Waals surface area contributed by atoms with Gasteiger partial charge in [0, 0.05) is 12.3 Å². The van der Waals surface area contributed by atoms with Crippen molar-refractivity contribution < 1.29 is 8.42 Å². The van der Waals surface area contributed by atoms with E-state index in [1.807, 2.05) is 6.92 Å². The normalized spacial score (nSPS) is 13.9. The van der Waals surface area contributed by atoms with E-state index in [2.05, 4.69) is 6.07 Å². The molecule has 0 radical (unpaired) electrons. The quantitative estimate of drug-likeness (QED) is 0.657. The Labute approximate surface area is 86.4 Å². The SMILES string of the molecule is CCCS(=O)(=O)CCN(C)C(C)C#N. The summed E-state index contributed by atoms with van der Waals surface area (Å²) >= 11 is 0. The summed E-state index contributed by atoms with van der Waals surface area (Å²) in [6.45, 7) is 4.03. The molecule has 0 bridgehead atoms. The van der Waals surface area contributed by atoms with Gasteiger partial charge in [-0.15, -0.1) is 0 Å². The van der Waals surface area contributed by atoms with Crippen molar-refractivity contribution in [3.05, 3.63) is 0 Å². The molecule has 0 saturated heterocycles. The molecule has 0 aromatic rings. The van der Waals surface area contributed by atoms with E-state index in [0.717, 1.165) is 0 Å². The predicted octanol–water partition coefficient (Wildman–Crippen LogP) is 0.655. The predicted molar refractivity (Wildman–Crippen MR) is 56.6 cm³/mol. The lowest BCUT2D eigenvalue weighted by molar-refractivity contribution is 0.320. The molecular formula is C9H18N2O2S. The van der Waals surface area contributed by atoms with Crippen molar-refractivity contribution in [2.75, 3.05) is 25.1 Å². The molecule has 82 valence electrons. The highest BCUT2D eigenvalue weighted by Gasteiger charge is 2.13. The molecule has 0 aromatic carbocycles. The van der Waals surface area contributed by atoms with Crippen LogP contribution in [0.1, 0.15) is 20.3 Å². The Kier molecular flexibility index (Phi) is 5.73. The van der Waals surface area contributed by atoms with Gasteiger partial charge in [0.1, 0.15) is 0 Å². The van der Waals surface area contributed by atoms with E-state index in [9.17, 15) is 8.42 Å². The Morgan fingerprint density at radius 3 is 2.43 bits per heavy atom. The molecule has 0 aliphatic heterocycles. The van der Waals surface area contributed by atoms with Crippen molar-refractivity contribution in [3.8, 4) is 6.07 Å². The summed E-state index contributed by atoms with van der Waals surface area (Å²) in [4.78, 5) is 1.74. The third kappa shape index (κ3) is 5.20. The summed E-state index contributed by atoms with van der Waals surface area (Å²) in [5.41, 5.74) is 0. The van der Waals surface area contributed by atoms with Crippen molar-refractivity contribution >= 4 is 9.84 Å². The van der Waals surface area contributed by atoms with Crippen LogP contribution in [-0.2, 0) is 9.84 Å². The minimum atomic E-state index is -2.92. The summed E-state index contributed by atoms with van der Waals surface area (Å²) in [7, 11) is -1.16. The van der Waals surface area contributed by atoms with Crippen molar-refractivity contribution in [2.24, 2.45) is 0 Å². The van der Waals surface area contributed by atoms with E-state index in [1.165, 1.54) is 0 Å². The highest BCUT2D eigenvalue weighted by molar-refractivity contribution is 7.91. The fourth-order valence-corrected chi connectivity index (χ4v) is 2.38. The smallest absolute Gasteiger partial charge is 0.151 e. The first-order chi connectivity index (χ1) is 6.43. The monoisotopic (exact) mass is 218 g/mol. The molecule has 5 heteroatoms. The Morgan fingerprint density at radius 2 is 2.00 bits per heavy atom. The first-order valence-electron chi connectivity index (χ1n) is 4.73. The van der Waals surface area contributed by atoms with Gasteiger partial charge in [0.2, 0.25) is 0 Å². The molecule has 0 fully saturated rings. The van der Waals surface area contributed by atoms with Gasteiger partial charge in [-0.2, -0.15) is 5.26 Å². The molecule has 1 atom stereocenters. The molecule has 0 aromatic heterocycles. The number of nitriles is 1. The van der Waals surface area contributed by atoms with Crippen LogP contribution in [0.4, 0.5) is 0 Å². The van der Waals surface area contributed by atoms with E-state index in [0.29, 0.717) is 13.0 Å². The highest BCUT2D eigenvalue weighted by atomic mass is 32.2. The molecule has 0 aliphatic carbocycles. The molecule has 1 unspecified atom stereocenters. The minimum absolute atomic E-state index is 0.142. The zero-order valence-corrected chi connectivity index (χ0v) is 9.84. The van der Waals surface area contributed by atoms with E-state index >= 15 is 0 Å². The van der Waals surface area contributed by atoms with E-state index in [1.54, 1.807) is 18.9 Å². The van der Waals surface area contributed by atoms with Crippen molar-refractivity contribution in [3.63, 3.8) is 0 Å². The average Bonchev–Trinajstić information content (AvgIpc) is 2.13. The number of sulfone groups is 1. The van der Waals surface area contributed by atoms with Crippen molar-refractivity contribution in [1.29, 1.82) is 5.26 Å². The number of rotatable bonds is 6. The second-order valence-corrected chi connectivity index (χ2v) is 5.74. The maximum atomic E-state index is 11.3. The van der Waals surface area contributed by atoms with Crippen LogP contribution in [0.2, 0.25) is 0 Å². The molecule has 0 heterocycles. The second-order valence-electron chi connectivity index (χ2n) is 3.44. The lowest BCUT2D eigenvalue weighted by Gasteiger charge is -2.18. The van der Waals surface area contributed by atoms with Crippen LogP contribution in [-0.4, -0.2) is 44.5 Å². The summed E-state index contributed by atoms with van der Waals surface area (Å²) in [5.74, 6) is 0.380. The van der Waals surface area contributed by atoms with Crippen LogP contribution >= 0.6 is 0 Å². The Morgan fingerprint density at radius 1 is 1.43 bits per heavy atom. The Bertz CT molecular complexity index is 292. The fourth-order valence-electron chi connectivity index (χ4n) is 0.988. The molecular weight excluding hydrogens is 200 g/mol. The molecule has 0 saturated carbocycles. The van der Waals surface area contributed by atoms with Gasteiger partial charge in [-0.05, 0) is 20.4 Å². The van der Waals surface area contributed by atoms with E-state index in [-0.39, 0.29) is 17.5 Å². The maximum Gasteiger partial charge on any atom is 0.151 e. The number of hydrogen-bond acceptors (Lipinski definition) is 4. The lowest BCUT2D eigenvalue weighted by Crippen LogP contribution is -2.32. The van der Waals surface area contributed by atoms with Crippen LogP contribution in [0.5, 0.6) is 0 Å². The average molecular weight is 218 g/mol. The zero-order chi connectivity index (χ0) is 11.2. The third-order valence-electron chi connectivity index (χ3n) is 2.12. The number of hydrogen-bond donors (Lipinski definition) is 0. The molecule has 0 spiro atoms. The number of nitrogens with zero attached hydrogens (tertiary/aromatic N) is 2.